The van der Waals surface area contributed by atoms with Crippen LogP contribution in [0.4, 0.5) is 0 Å². The summed E-state index contributed by atoms with van der Waals surface area (Å²) < 4.78 is 2.20. The number of aryl methyl sites for hydroxylation is 1. The first-order valence-electron chi connectivity index (χ1n) is 7.18. The van der Waals surface area contributed by atoms with Crippen molar-refractivity contribution in [2.45, 2.75) is 42.7 Å². The van der Waals surface area contributed by atoms with E-state index in [1.165, 1.54) is 0 Å². The molecule has 1 heterocycles. The van der Waals surface area contributed by atoms with Crippen molar-refractivity contribution in [1.29, 1.82) is 0 Å². The molecule has 1 aliphatic rings. The molecule has 1 unspecified atom stereocenters. The second-order valence-electron chi connectivity index (χ2n) is 5.84. The maximum absolute atomic E-state index is 11.2. The number of nitrogens with one attached hydrogen (secondary N) is 1. The van der Waals surface area contributed by atoms with Crippen molar-refractivity contribution in [2.24, 2.45) is 0 Å². The third kappa shape index (κ3) is 3.08. The number of nitrogens with zero attached hydrogens (tertiary/aromatic N) is 2. The Morgan fingerprint density at radius 2 is 2.14 bits per heavy atom. The smallest absolute Gasteiger partial charge is 0.215 e. The van der Waals surface area contributed by atoms with E-state index in [0.717, 1.165) is 18.4 Å². The lowest BCUT2D eigenvalue weighted by Gasteiger charge is -2.33. The van der Waals surface area contributed by atoms with Gasteiger partial charge in [-0.05, 0) is 43.1 Å². The van der Waals surface area contributed by atoms with Crippen LogP contribution in [0.3, 0.4) is 0 Å². The predicted octanol–water partition coefficient (Wildman–Crippen LogP) is 3.73. The largest absolute Gasteiger partial charge is 0.388 e. The molecule has 7 heteroatoms. The Balaban J connectivity index is 1.81. The average Bonchev–Trinajstić information content (AvgIpc) is 3.12. The van der Waals surface area contributed by atoms with Crippen LogP contribution in [-0.2, 0) is 13.0 Å². The minimum Gasteiger partial charge on any atom is -0.388 e. The normalized spacial score (nSPS) is 18.9. The summed E-state index contributed by atoms with van der Waals surface area (Å²) in [5.41, 5.74) is -0.119. The molecule has 2 N–H and O–H groups in total. The highest BCUT2D eigenvalue weighted by Crippen LogP contribution is 2.54. The first-order chi connectivity index (χ1) is 10.4. The molecule has 2 aromatic rings. The van der Waals surface area contributed by atoms with Crippen LogP contribution in [0.5, 0.6) is 0 Å². The third-order valence-corrected chi connectivity index (χ3v) is 5.76. The van der Waals surface area contributed by atoms with Gasteiger partial charge in [0.05, 0.1) is 10.5 Å². The van der Waals surface area contributed by atoms with Gasteiger partial charge in [-0.15, -0.1) is 11.6 Å². The molecule has 1 aromatic carbocycles. The Kier molecular flexibility index (Phi) is 4.34. The number of hydrogen-bond acceptors (Lipinski definition) is 3. The van der Waals surface area contributed by atoms with Gasteiger partial charge in [-0.25, -0.2) is 4.98 Å². The van der Waals surface area contributed by atoms with Crippen LogP contribution in [0.1, 0.15) is 24.8 Å². The van der Waals surface area contributed by atoms with Crippen molar-refractivity contribution in [3.63, 3.8) is 0 Å². The molecule has 4 nitrogen and oxygen atoms in total. The Hall–Kier alpha value is -0.880. The maximum Gasteiger partial charge on any atom is 0.215 e. The van der Waals surface area contributed by atoms with Crippen molar-refractivity contribution >= 4 is 35.4 Å². The molecule has 0 aliphatic heterocycles. The van der Waals surface area contributed by atoms with Gasteiger partial charge in [-0.2, -0.15) is 0 Å². The number of rotatable bonds is 6. The average molecular weight is 358 g/mol. The fraction of sp³-hybridized carbons (Fsp3) is 0.467. The molecule has 1 saturated carbocycles. The van der Waals surface area contributed by atoms with Gasteiger partial charge in [0.1, 0.15) is 6.33 Å². The predicted molar refractivity (Wildman–Crippen MR) is 90.0 cm³/mol. The number of H-pyrrole nitrogens is 1. The van der Waals surface area contributed by atoms with Gasteiger partial charge in [0.15, 0.2) is 0 Å². The number of aliphatic hydroxyl groups is 1. The molecule has 1 fully saturated rings. The molecule has 22 heavy (non-hydrogen) atoms. The summed E-state index contributed by atoms with van der Waals surface area (Å²) in [6.45, 7) is 0.536. The quantitative estimate of drug-likeness (QED) is 0.611. The Labute approximate surface area is 144 Å². The van der Waals surface area contributed by atoms with E-state index in [2.05, 4.69) is 10.1 Å². The first kappa shape index (κ1) is 16.0. The summed E-state index contributed by atoms with van der Waals surface area (Å²) in [5.74, 6) is 0. The molecule has 1 atom stereocenters. The van der Waals surface area contributed by atoms with Crippen molar-refractivity contribution < 1.29 is 5.11 Å². The van der Waals surface area contributed by atoms with Crippen molar-refractivity contribution in [2.75, 3.05) is 0 Å². The second kappa shape index (κ2) is 5.96. The number of aromatic amines is 1. The Morgan fingerprint density at radius 3 is 2.73 bits per heavy atom. The Morgan fingerprint density at radius 1 is 1.41 bits per heavy atom. The van der Waals surface area contributed by atoms with E-state index < -0.39 is 10.5 Å². The summed E-state index contributed by atoms with van der Waals surface area (Å²) in [4.78, 5) is 3.40. The van der Waals surface area contributed by atoms with Crippen LogP contribution in [-0.4, -0.2) is 30.3 Å². The molecule has 0 spiro atoms. The first-order valence-corrected chi connectivity index (χ1v) is 8.35. The van der Waals surface area contributed by atoms with Gasteiger partial charge < -0.3 is 5.11 Å². The van der Waals surface area contributed by atoms with Gasteiger partial charge >= 0.3 is 0 Å². The lowest BCUT2D eigenvalue weighted by molar-refractivity contribution is 0.0144. The number of alkyl halides is 1. The van der Waals surface area contributed by atoms with Crippen molar-refractivity contribution in [3.8, 4) is 0 Å². The third-order valence-electron chi connectivity index (χ3n) is 4.33. The summed E-state index contributed by atoms with van der Waals surface area (Å²) >= 11 is 17.9. The summed E-state index contributed by atoms with van der Waals surface area (Å²) in [6.07, 6.45) is 4.08. The van der Waals surface area contributed by atoms with Crippen molar-refractivity contribution in [1.82, 2.24) is 14.8 Å². The van der Waals surface area contributed by atoms with E-state index >= 15 is 0 Å². The van der Waals surface area contributed by atoms with Gasteiger partial charge in [-0.1, -0.05) is 29.8 Å². The fourth-order valence-electron chi connectivity index (χ4n) is 2.74. The highest BCUT2D eigenvalue weighted by Gasteiger charge is 2.57. The Bertz CT molecular complexity index is 725. The van der Waals surface area contributed by atoms with Crippen LogP contribution < -0.4 is 0 Å². The van der Waals surface area contributed by atoms with Crippen LogP contribution in [0, 0.1) is 4.77 Å². The topological polar surface area (TPSA) is 53.8 Å². The number of halogens is 2. The van der Waals surface area contributed by atoms with Crippen LogP contribution in [0.25, 0.3) is 0 Å². The molecule has 0 saturated heterocycles. The molecule has 1 aromatic heterocycles. The molecular weight excluding hydrogens is 341 g/mol. The van der Waals surface area contributed by atoms with E-state index in [9.17, 15) is 5.11 Å². The van der Waals surface area contributed by atoms with E-state index in [-0.39, 0.29) is 0 Å². The summed E-state index contributed by atoms with van der Waals surface area (Å²) in [6, 6.07) is 7.55. The van der Waals surface area contributed by atoms with Crippen LogP contribution in [0.2, 0.25) is 5.02 Å². The summed E-state index contributed by atoms with van der Waals surface area (Å²) in [7, 11) is 0. The number of aromatic nitrogens is 3. The SMILES string of the molecule is OC(CCn1[nH]cnc1=S)(Cc1ccccc1Cl)C1(Cl)CC1. The number of benzene rings is 1. The molecule has 1 aliphatic carbocycles. The molecule has 0 radical (unpaired) electrons. The molecule has 118 valence electrons. The zero-order chi connectivity index (χ0) is 15.8. The minimum absolute atomic E-state index is 0.428. The van der Waals surface area contributed by atoms with Gasteiger partial charge in [0, 0.05) is 18.0 Å². The zero-order valence-corrected chi connectivity index (χ0v) is 14.3. The highest BCUT2D eigenvalue weighted by atomic mass is 35.5. The lowest BCUT2D eigenvalue weighted by Crippen LogP contribution is -2.44. The van der Waals surface area contributed by atoms with E-state index in [1.54, 1.807) is 11.0 Å². The van der Waals surface area contributed by atoms with Crippen LogP contribution >= 0.6 is 35.4 Å². The van der Waals surface area contributed by atoms with Crippen LogP contribution in [0.15, 0.2) is 30.6 Å². The fourth-order valence-corrected chi connectivity index (χ4v) is 3.39. The van der Waals surface area contributed by atoms with Crippen molar-refractivity contribution in [3.05, 3.63) is 45.9 Å². The lowest BCUT2D eigenvalue weighted by atomic mass is 9.86. The second-order valence-corrected chi connectivity index (χ2v) is 7.33. The standard InChI is InChI=1S/C15H17Cl2N3OS/c16-12-4-2-1-3-11(12)9-15(21,14(17)5-6-14)7-8-20-13(22)18-10-19-20/h1-4,10,21H,5-9H2,(H,18,19,22). The maximum atomic E-state index is 11.2. The molecule has 3 rings (SSSR count). The molecule has 0 bridgehead atoms. The minimum atomic E-state index is -1.03. The van der Waals surface area contributed by atoms with E-state index in [0.29, 0.717) is 29.2 Å². The van der Waals surface area contributed by atoms with E-state index in [1.807, 2.05) is 24.3 Å². The van der Waals surface area contributed by atoms with Gasteiger partial charge in [-0.3, -0.25) is 9.78 Å². The van der Waals surface area contributed by atoms with Gasteiger partial charge in [0.25, 0.3) is 0 Å². The van der Waals surface area contributed by atoms with E-state index in [4.69, 9.17) is 35.4 Å². The van der Waals surface area contributed by atoms with Gasteiger partial charge in [0.2, 0.25) is 4.77 Å². The number of hydrogen-bond donors (Lipinski definition) is 2. The molecule has 0 amide bonds. The monoisotopic (exact) mass is 357 g/mol. The summed E-state index contributed by atoms with van der Waals surface area (Å²) in [5, 5.41) is 14.8. The zero-order valence-electron chi connectivity index (χ0n) is 11.9. The highest BCUT2D eigenvalue weighted by molar-refractivity contribution is 7.71. The molecular formula is C15H17Cl2N3OS.